The molecular formula is C17H28N2. The molecule has 0 aliphatic heterocycles. The van der Waals surface area contributed by atoms with E-state index in [2.05, 4.69) is 43.4 Å². The minimum atomic E-state index is 0.725. The number of hydrogen-bond acceptors (Lipinski definition) is 2. The molecule has 19 heavy (non-hydrogen) atoms. The SMILES string of the molecule is CC(C)CNCCc1ccc(CCCCC=N)cc1. The molecule has 2 nitrogen and oxygen atoms in total. The molecule has 0 saturated carbocycles. The van der Waals surface area contributed by atoms with Crippen molar-refractivity contribution in [3.8, 4) is 0 Å². The van der Waals surface area contributed by atoms with Gasteiger partial charge in [-0.15, -0.1) is 0 Å². The number of nitrogens with one attached hydrogen (secondary N) is 2. The zero-order valence-corrected chi connectivity index (χ0v) is 12.4. The van der Waals surface area contributed by atoms with E-state index in [0.29, 0.717) is 0 Å². The Morgan fingerprint density at radius 3 is 2.26 bits per heavy atom. The number of hydrogen-bond donors (Lipinski definition) is 2. The lowest BCUT2D eigenvalue weighted by atomic mass is 10.0. The van der Waals surface area contributed by atoms with E-state index in [1.165, 1.54) is 23.8 Å². The topological polar surface area (TPSA) is 35.9 Å². The van der Waals surface area contributed by atoms with Crippen molar-refractivity contribution in [2.45, 2.75) is 46.0 Å². The summed E-state index contributed by atoms with van der Waals surface area (Å²) >= 11 is 0. The Morgan fingerprint density at radius 2 is 1.68 bits per heavy atom. The van der Waals surface area contributed by atoms with Crippen molar-refractivity contribution in [2.75, 3.05) is 13.1 Å². The highest BCUT2D eigenvalue weighted by Crippen LogP contribution is 2.09. The fourth-order valence-electron chi connectivity index (χ4n) is 2.07. The fraction of sp³-hybridized carbons (Fsp3) is 0.588. The summed E-state index contributed by atoms with van der Waals surface area (Å²) in [7, 11) is 0. The number of unbranched alkanes of at least 4 members (excludes halogenated alkanes) is 2. The van der Waals surface area contributed by atoms with Gasteiger partial charge < -0.3 is 10.7 Å². The summed E-state index contributed by atoms with van der Waals surface area (Å²) in [5, 5.41) is 10.5. The van der Waals surface area contributed by atoms with Crippen LogP contribution in [0.1, 0.15) is 44.2 Å². The summed E-state index contributed by atoms with van der Waals surface area (Å²) in [6, 6.07) is 9.01. The van der Waals surface area contributed by atoms with E-state index >= 15 is 0 Å². The van der Waals surface area contributed by atoms with Gasteiger partial charge in [0.05, 0.1) is 0 Å². The van der Waals surface area contributed by atoms with Crippen molar-refractivity contribution in [2.24, 2.45) is 5.92 Å². The van der Waals surface area contributed by atoms with Gasteiger partial charge in [-0.3, -0.25) is 0 Å². The van der Waals surface area contributed by atoms with E-state index in [1.807, 2.05) is 0 Å². The molecule has 106 valence electrons. The molecule has 0 fully saturated rings. The average molecular weight is 260 g/mol. The van der Waals surface area contributed by atoms with Crippen molar-refractivity contribution < 1.29 is 0 Å². The summed E-state index contributed by atoms with van der Waals surface area (Å²) in [5.74, 6) is 0.725. The third-order valence-corrected chi connectivity index (χ3v) is 3.23. The van der Waals surface area contributed by atoms with Gasteiger partial charge in [-0.1, -0.05) is 38.1 Å². The van der Waals surface area contributed by atoms with Crippen molar-refractivity contribution in [1.82, 2.24) is 5.32 Å². The van der Waals surface area contributed by atoms with Crippen molar-refractivity contribution in [3.63, 3.8) is 0 Å². The first-order chi connectivity index (χ1) is 9.22. The Bertz CT molecular complexity index is 341. The normalized spacial score (nSPS) is 10.9. The zero-order valence-electron chi connectivity index (χ0n) is 12.4. The zero-order chi connectivity index (χ0) is 13.9. The Balaban J connectivity index is 2.21. The second kappa shape index (κ2) is 9.74. The second-order valence-corrected chi connectivity index (χ2v) is 5.61. The molecule has 0 radical (unpaired) electrons. The Kier molecular flexibility index (Phi) is 8.15. The van der Waals surface area contributed by atoms with E-state index in [1.54, 1.807) is 0 Å². The second-order valence-electron chi connectivity index (χ2n) is 5.61. The third-order valence-electron chi connectivity index (χ3n) is 3.23. The predicted molar refractivity (Wildman–Crippen MR) is 84.2 cm³/mol. The quantitative estimate of drug-likeness (QED) is 0.486. The summed E-state index contributed by atoms with van der Waals surface area (Å²) in [4.78, 5) is 0. The van der Waals surface area contributed by atoms with Crippen LogP contribution in [0.2, 0.25) is 0 Å². The predicted octanol–water partition coefficient (Wildman–Crippen LogP) is 3.84. The molecule has 0 saturated heterocycles. The number of rotatable bonds is 10. The lowest BCUT2D eigenvalue weighted by Gasteiger charge is -2.08. The molecule has 1 rings (SSSR count). The fourth-order valence-corrected chi connectivity index (χ4v) is 2.07. The summed E-state index contributed by atoms with van der Waals surface area (Å²) in [6.07, 6.45) is 6.99. The van der Waals surface area contributed by atoms with Crippen LogP contribution < -0.4 is 5.32 Å². The molecule has 2 heteroatoms. The van der Waals surface area contributed by atoms with E-state index in [0.717, 1.165) is 44.7 Å². The summed E-state index contributed by atoms with van der Waals surface area (Å²) in [6.45, 7) is 6.64. The molecule has 0 heterocycles. The van der Waals surface area contributed by atoms with E-state index in [4.69, 9.17) is 5.41 Å². The van der Waals surface area contributed by atoms with Gasteiger partial charge in [0.2, 0.25) is 0 Å². The molecule has 0 aliphatic rings. The highest BCUT2D eigenvalue weighted by Gasteiger charge is 1.97. The standard InChI is InChI=1S/C17H28N2/c1-15(2)14-19-13-11-17-9-7-16(8-10-17)6-4-3-5-12-18/h7-10,12,15,18-19H,3-6,11,13-14H2,1-2H3. The van der Waals surface area contributed by atoms with E-state index in [9.17, 15) is 0 Å². The molecule has 2 N–H and O–H groups in total. The first kappa shape index (κ1) is 15.9. The molecule has 0 aromatic heterocycles. The molecule has 1 aromatic carbocycles. The van der Waals surface area contributed by atoms with Crippen molar-refractivity contribution in [1.29, 1.82) is 5.41 Å². The maximum Gasteiger partial charge on any atom is -0.000824 e. The van der Waals surface area contributed by atoms with Crippen molar-refractivity contribution >= 4 is 6.21 Å². The van der Waals surface area contributed by atoms with Crippen LogP contribution in [-0.2, 0) is 12.8 Å². The van der Waals surface area contributed by atoms with Crippen LogP contribution in [0.25, 0.3) is 0 Å². The maximum atomic E-state index is 6.99. The van der Waals surface area contributed by atoms with Crippen LogP contribution in [0.3, 0.4) is 0 Å². The minimum Gasteiger partial charge on any atom is -0.316 e. The molecule has 0 spiro atoms. The largest absolute Gasteiger partial charge is 0.316 e. The Hall–Kier alpha value is -1.15. The first-order valence-corrected chi connectivity index (χ1v) is 7.50. The average Bonchev–Trinajstić information content (AvgIpc) is 2.41. The number of aryl methyl sites for hydroxylation is 1. The molecule has 0 amide bonds. The van der Waals surface area contributed by atoms with Crippen molar-refractivity contribution in [3.05, 3.63) is 35.4 Å². The van der Waals surface area contributed by atoms with Crippen LogP contribution in [0, 0.1) is 11.3 Å². The highest BCUT2D eigenvalue weighted by atomic mass is 14.8. The van der Waals surface area contributed by atoms with Crippen LogP contribution in [0.15, 0.2) is 24.3 Å². The van der Waals surface area contributed by atoms with Gasteiger partial charge in [0.15, 0.2) is 0 Å². The minimum absolute atomic E-state index is 0.725. The lowest BCUT2D eigenvalue weighted by molar-refractivity contribution is 0.554. The third kappa shape index (κ3) is 7.78. The van der Waals surface area contributed by atoms with E-state index in [-0.39, 0.29) is 0 Å². The Morgan fingerprint density at radius 1 is 1.05 bits per heavy atom. The Labute approximate surface area is 118 Å². The molecule has 0 unspecified atom stereocenters. The van der Waals surface area contributed by atoms with Gasteiger partial charge in [0, 0.05) is 0 Å². The van der Waals surface area contributed by atoms with E-state index < -0.39 is 0 Å². The monoisotopic (exact) mass is 260 g/mol. The van der Waals surface area contributed by atoms with Crippen LogP contribution >= 0.6 is 0 Å². The summed E-state index contributed by atoms with van der Waals surface area (Å²) < 4.78 is 0. The molecular weight excluding hydrogens is 232 g/mol. The van der Waals surface area contributed by atoms with Gasteiger partial charge in [-0.2, -0.15) is 0 Å². The molecule has 0 aliphatic carbocycles. The lowest BCUT2D eigenvalue weighted by Crippen LogP contribution is -2.22. The first-order valence-electron chi connectivity index (χ1n) is 7.50. The summed E-state index contributed by atoms with van der Waals surface area (Å²) in [5.41, 5.74) is 2.84. The number of benzene rings is 1. The van der Waals surface area contributed by atoms with Gasteiger partial charge in [-0.05, 0) is 68.5 Å². The van der Waals surface area contributed by atoms with Crippen LogP contribution in [0.4, 0.5) is 0 Å². The smallest absolute Gasteiger partial charge is 0.000824 e. The van der Waals surface area contributed by atoms with Gasteiger partial charge in [0.1, 0.15) is 0 Å². The molecule has 0 atom stereocenters. The van der Waals surface area contributed by atoms with Crippen LogP contribution in [-0.4, -0.2) is 19.3 Å². The molecule has 1 aromatic rings. The van der Waals surface area contributed by atoms with Gasteiger partial charge in [0.25, 0.3) is 0 Å². The highest BCUT2D eigenvalue weighted by molar-refractivity contribution is 5.52. The van der Waals surface area contributed by atoms with Crippen LogP contribution in [0.5, 0.6) is 0 Å². The molecule has 0 bridgehead atoms. The van der Waals surface area contributed by atoms with Gasteiger partial charge >= 0.3 is 0 Å². The van der Waals surface area contributed by atoms with Gasteiger partial charge in [-0.25, -0.2) is 0 Å². The maximum absolute atomic E-state index is 6.99.